The Balaban J connectivity index is 1.40. The first-order valence-corrected chi connectivity index (χ1v) is 7.57. The molecule has 7 heteroatoms. The van der Waals surface area contributed by atoms with Crippen molar-refractivity contribution in [3.8, 4) is 0 Å². The number of anilines is 1. The Morgan fingerprint density at radius 1 is 1.45 bits per heavy atom. The molecule has 2 aromatic rings. The fourth-order valence-electron chi connectivity index (χ4n) is 3.89. The number of carboxylic acids is 1. The summed E-state index contributed by atoms with van der Waals surface area (Å²) in [7, 11) is 2.07. The van der Waals surface area contributed by atoms with Gasteiger partial charge in [-0.05, 0) is 23.8 Å². The first-order valence-electron chi connectivity index (χ1n) is 7.57. The molecule has 1 unspecified atom stereocenters. The average Bonchev–Trinajstić information content (AvgIpc) is 2.88. The summed E-state index contributed by atoms with van der Waals surface area (Å²) in [6, 6.07) is 2.00. The predicted molar refractivity (Wildman–Crippen MR) is 81.7 cm³/mol. The number of aliphatic carboxylic acids is 1. The number of rotatable bonds is 5. The van der Waals surface area contributed by atoms with Crippen molar-refractivity contribution in [1.82, 2.24) is 19.9 Å². The van der Waals surface area contributed by atoms with Crippen LogP contribution < -0.4 is 4.90 Å². The van der Waals surface area contributed by atoms with Gasteiger partial charge in [0.1, 0.15) is 17.8 Å². The number of carbonyl (C=O) groups is 1. The zero-order chi connectivity index (χ0) is 15.3. The second kappa shape index (κ2) is 4.95. The van der Waals surface area contributed by atoms with Crippen LogP contribution in [0, 0.1) is 17.8 Å². The quantitative estimate of drug-likeness (QED) is 0.844. The third-order valence-electron chi connectivity index (χ3n) is 4.99. The van der Waals surface area contributed by atoms with Crippen LogP contribution in [-0.2, 0) is 4.79 Å². The van der Waals surface area contributed by atoms with Crippen molar-refractivity contribution < 1.29 is 9.90 Å². The molecule has 3 atom stereocenters. The van der Waals surface area contributed by atoms with Crippen LogP contribution in [-0.4, -0.2) is 64.2 Å². The van der Waals surface area contributed by atoms with Crippen molar-refractivity contribution in [2.45, 2.75) is 0 Å². The molecule has 1 saturated carbocycles. The summed E-state index contributed by atoms with van der Waals surface area (Å²) >= 11 is 0. The monoisotopic (exact) mass is 301 g/mol. The first kappa shape index (κ1) is 13.5. The number of aromatic amines is 1. The fourth-order valence-corrected chi connectivity index (χ4v) is 3.89. The lowest BCUT2D eigenvalue weighted by Crippen LogP contribution is -2.32. The van der Waals surface area contributed by atoms with E-state index in [0.29, 0.717) is 17.8 Å². The Bertz CT molecular complexity index is 703. The summed E-state index contributed by atoms with van der Waals surface area (Å²) in [5, 5.41) is 9.89. The Morgan fingerprint density at radius 2 is 2.23 bits per heavy atom. The Hall–Kier alpha value is -2.15. The molecule has 4 rings (SSSR count). The summed E-state index contributed by atoms with van der Waals surface area (Å²) in [4.78, 5) is 26.7. The van der Waals surface area contributed by atoms with Gasteiger partial charge in [0.2, 0.25) is 0 Å². The number of likely N-dealkylation sites (tertiary alicyclic amines) is 1. The van der Waals surface area contributed by atoms with Gasteiger partial charge in [-0.25, -0.2) is 9.97 Å². The molecule has 2 aromatic heterocycles. The van der Waals surface area contributed by atoms with Gasteiger partial charge in [-0.3, -0.25) is 9.69 Å². The number of nitrogens with zero attached hydrogens (tertiary/aromatic N) is 4. The Morgan fingerprint density at radius 3 is 2.95 bits per heavy atom. The van der Waals surface area contributed by atoms with Crippen molar-refractivity contribution in [3.05, 3.63) is 18.6 Å². The molecule has 0 aromatic carbocycles. The highest BCUT2D eigenvalue weighted by Gasteiger charge is 2.55. The minimum Gasteiger partial charge on any atom is -0.480 e. The lowest BCUT2D eigenvalue weighted by atomic mass is 10.2. The van der Waals surface area contributed by atoms with E-state index in [1.807, 2.05) is 17.2 Å². The molecule has 0 bridgehead atoms. The van der Waals surface area contributed by atoms with Crippen LogP contribution in [0.3, 0.4) is 0 Å². The summed E-state index contributed by atoms with van der Waals surface area (Å²) in [5.74, 6) is 2.17. The van der Waals surface area contributed by atoms with Crippen molar-refractivity contribution in [2.75, 3.05) is 38.1 Å². The maximum Gasteiger partial charge on any atom is 0.317 e. The molecule has 2 fully saturated rings. The van der Waals surface area contributed by atoms with Gasteiger partial charge in [-0.2, -0.15) is 0 Å². The van der Waals surface area contributed by atoms with Gasteiger partial charge in [0, 0.05) is 32.9 Å². The van der Waals surface area contributed by atoms with Gasteiger partial charge in [0.15, 0.2) is 0 Å². The van der Waals surface area contributed by atoms with E-state index in [9.17, 15) is 4.79 Å². The standard InChI is InChI=1S/C15H19N5O2/c1-19(15-9-2-3-16-14(9)17-8-18-15)4-10-11-5-20(6-12(10)11)7-13(21)22/h2-3,8,10-12H,4-7H2,1H3,(H,21,22)(H,16,17,18)/t10?,11-,12+. The van der Waals surface area contributed by atoms with Gasteiger partial charge >= 0.3 is 5.97 Å². The number of H-pyrrole nitrogens is 1. The Labute approximate surface area is 128 Å². The van der Waals surface area contributed by atoms with Crippen molar-refractivity contribution in [2.24, 2.45) is 17.8 Å². The van der Waals surface area contributed by atoms with Crippen LogP contribution in [0.5, 0.6) is 0 Å². The number of hydrogen-bond acceptors (Lipinski definition) is 5. The largest absolute Gasteiger partial charge is 0.480 e. The molecule has 1 aliphatic carbocycles. The molecular formula is C15H19N5O2. The van der Waals surface area contributed by atoms with Gasteiger partial charge in [-0.15, -0.1) is 0 Å². The molecule has 22 heavy (non-hydrogen) atoms. The zero-order valence-corrected chi connectivity index (χ0v) is 12.4. The lowest BCUT2D eigenvalue weighted by molar-refractivity contribution is -0.138. The van der Waals surface area contributed by atoms with Crippen LogP contribution in [0.2, 0.25) is 0 Å². The third-order valence-corrected chi connectivity index (χ3v) is 4.99. The van der Waals surface area contributed by atoms with Crippen molar-refractivity contribution >= 4 is 22.8 Å². The highest BCUT2D eigenvalue weighted by atomic mass is 16.4. The number of piperidine rings is 1. The molecule has 2 aliphatic rings. The maximum absolute atomic E-state index is 10.8. The van der Waals surface area contributed by atoms with Crippen LogP contribution in [0.1, 0.15) is 0 Å². The first-order chi connectivity index (χ1) is 10.6. The Kier molecular flexibility index (Phi) is 3.04. The SMILES string of the molecule is CN(CC1[C@H]2CN(CC(=O)O)C[C@@H]12)c1ncnc2[nH]ccc12. The normalized spacial score (nSPS) is 27.0. The summed E-state index contributed by atoms with van der Waals surface area (Å²) < 4.78 is 0. The topological polar surface area (TPSA) is 85.3 Å². The molecule has 0 radical (unpaired) electrons. The van der Waals surface area contributed by atoms with Gasteiger partial charge < -0.3 is 15.0 Å². The molecule has 1 aliphatic heterocycles. The van der Waals surface area contributed by atoms with Gasteiger partial charge in [0.25, 0.3) is 0 Å². The van der Waals surface area contributed by atoms with E-state index < -0.39 is 5.97 Å². The predicted octanol–water partition coefficient (Wildman–Crippen LogP) is 0.657. The summed E-state index contributed by atoms with van der Waals surface area (Å²) in [6.07, 6.45) is 3.47. The minimum atomic E-state index is -0.731. The molecule has 0 amide bonds. The summed E-state index contributed by atoms with van der Waals surface area (Å²) in [5.41, 5.74) is 0.862. The second-order valence-electron chi connectivity index (χ2n) is 6.40. The van der Waals surface area contributed by atoms with E-state index >= 15 is 0 Å². The number of carboxylic acid groups (broad SMARTS) is 1. The van der Waals surface area contributed by atoms with Crippen LogP contribution >= 0.6 is 0 Å². The van der Waals surface area contributed by atoms with Crippen molar-refractivity contribution in [1.29, 1.82) is 0 Å². The highest BCUT2D eigenvalue weighted by molar-refractivity contribution is 5.87. The van der Waals surface area contributed by atoms with E-state index in [1.54, 1.807) is 6.33 Å². The molecule has 116 valence electrons. The number of nitrogens with one attached hydrogen (secondary N) is 1. The van der Waals surface area contributed by atoms with Gasteiger partial charge in [-0.1, -0.05) is 0 Å². The molecule has 1 saturated heterocycles. The smallest absolute Gasteiger partial charge is 0.317 e. The average molecular weight is 301 g/mol. The van der Waals surface area contributed by atoms with E-state index in [2.05, 4.69) is 26.9 Å². The third kappa shape index (κ3) is 2.21. The molecule has 0 spiro atoms. The minimum absolute atomic E-state index is 0.172. The van der Waals surface area contributed by atoms with Gasteiger partial charge in [0.05, 0.1) is 11.9 Å². The highest BCUT2D eigenvalue weighted by Crippen LogP contribution is 2.52. The number of fused-ring (bicyclic) bond motifs is 2. The zero-order valence-electron chi connectivity index (χ0n) is 12.4. The van der Waals surface area contributed by atoms with E-state index in [1.165, 1.54) is 0 Å². The van der Waals surface area contributed by atoms with Crippen LogP contribution in [0.15, 0.2) is 18.6 Å². The van der Waals surface area contributed by atoms with E-state index in [-0.39, 0.29) is 6.54 Å². The van der Waals surface area contributed by atoms with Crippen LogP contribution in [0.4, 0.5) is 5.82 Å². The summed E-state index contributed by atoms with van der Waals surface area (Å²) in [6.45, 7) is 2.97. The van der Waals surface area contributed by atoms with Crippen LogP contribution in [0.25, 0.3) is 11.0 Å². The lowest BCUT2D eigenvalue weighted by Gasteiger charge is -2.22. The molecule has 2 N–H and O–H groups in total. The van der Waals surface area contributed by atoms with E-state index in [4.69, 9.17) is 5.11 Å². The second-order valence-corrected chi connectivity index (χ2v) is 6.40. The van der Waals surface area contributed by atoms with E-state index in [0.717, 1.165) is 36.5 Å². The number of aromatic nitrogens is 3. The van der Waals surface area contributed by atoms with Crippen molar-refractivity contribution in [3.63, 3.8) is 0 Å². The number of hydrogen-bond donors (Lipinski definition) is 2. The molecule has 7 nitrogen and oxygen atoms in total. The molecular weight excluding hydrogens is 282 g/mol. The molecule has 3 heterocycles. The fraction of sp³-hybridized carbons (Fsp3) is 0.533. The maximum atomic E-state index is 10.8.